The third-order valence-electron chi connectivity index (χ3n) is 3.41. The number of hydrogen-bond acceptors (Lipinski definition) is 7. The smallest absolute Gasteiger partial charge is 0.303 e. The van der Waals surface area contributed by atoms with Crippen LogP contribution >= 0.6 is 0 Å². The summed E-state index contributed by atoms with van der Waals surface area (Å²) in [5, 5.41) is 5.51. The number of hydrogen-bond donors (Lipinski definition) is 2. The summed E-state index contributed by atoms with van der Waals surface area (Å²) in [7, 11) is 1.55. The number of nitrogens with one attached hydrogen (secondary N) is 2. The van der Waals surface area contributed by atoms with E-state index in [1.165, 1.54) is 25.3 Å². The second kappa shape index (κ2) is 8.87. The Kier molecular flexibility index (Phi) is 6.79. The third kappa shape index (κ3) is 6.08. The molecule has 0 saturated heterocycles. The quantitative estimate of drug-likeness (QED) is 0.707. The minimum absolute atomic E-state index is 0.160. The van der Waals surface area contributed by atoms with Crippen LogP contribution in [0.25, 0.3) is 0 Å². The fourth-order valence-electron chi connectivity index (χ4n) is 2.34. The molecule has 0 aliphatic heterocycles. The molecule has 28 heavy (non-hydrogen) atoms. The van der Waals surface area contributed by atoms with Crippen LogP contribution in [-0.4, -0.2) is 40.7 Å². The van der Waals surface area contributed by atoms with Gasteiger partial charge in [-0.3, -0.25) is 4.79 Å². The lowest BCUT2D eigenvalue weighted by Gasteiger charge is -2.18. The van der Waals surface area contributed by atoms with Gasteiger partial charge in [0.25, 0.3) is 0 Å². The average molecular weight is 395 g/mol. The summed E-state index contributed by atoms with van der Waals surface area (Å²) in [6, 6.07) is 3.05. The summed E-state index contributed by atoms with van der Waals surface area (Å²) in [4.78, 5) is 23.1. The largest absolute Gasteiger partial charge is 0.485 e. The van der Waals surface area contributed by atoms with Crippen LogP contribution in [-0.2, 0) is 15.5 Å². The van der Waals surface area contributed by atoms with Gasteiger partial charge in [-0.05, 0) is 13.8 Å². The number of amides is 1. The van der Waals surface area contributed by atoms with E-state index in [2.05, 4.69) is 25.6 Å². The molecule has 152 valence electrons. The van der Waals surface area contributed by atoms with E-state index in [1.54, 1.807) is 21.0 Å². The summed E-state index contributed by atoms with van der Waals surface area (Å²) in [5.74, 6) is -3.30. The summed E-state index contributed by atoms with van der Waals surface area (Å²) in [5.41, 5.74) is 0.769. The highest BCUT2D eigenvalue weighted by molar-refractivity contribution is 5.88. The molecule has 2 N–H and O–H groups in total. The maximum absolute atomic E-state index is 13.6. The van der Waals surface area contributed by atoms with Gasteiger partial charge in [0.05, 0.1) is 18.5 Å². The van der Waals surface area contributed by atoms with Crippen LogP contribution in [0.15, 0.2) is 18.3 Å². The lowest BCUT2D eigenvalue weighted by molar-refractivity contribution is -0.114. The molecule has 2 rings (SSSR count). The highest BCUT2D eigenvalue weighted by Crippen LogP contribution is 2.31. The Labute approximate surface area is 161 Å². The molecule has 0 aliphatic rings. The molecule has 2 aromatic heterocycles. The first-order chi connectivity index (χ1) is 13.1. The zero-order valence-corrected chi connectivity index (χ0v) is 16.3. The van der Waals surface area contributed by atoms with E-state index >= 15 is 0 Å². The molecular formula is C18H23F2N5O3. The van der Waals surface area contributed by atoms with Crippen molar-refractivity contribution in [2.75, 3.05) is 24.4 Å². The van der Waals surface area contributed by atoms with Gasteiger partial charge in [0.15, 0.2) is 5.75 Å². The lowest BCUT2D eigenvalue weighted by Crippen LogP contribution is -2.19. The summed E-state index contributed by atoms with van der Waals surface area (Å²) in [6.45, 7) is 5.82. The van der Waals surface area contributed by atoms with Crippen LogP contribution < -0.4 is 15.4 Å². The number of rotatable bonds is 8. The van der Waals surface area contributed by atoms with Crippen molar-refractivity contribution in [3.8, 4) is 5.75 Å². The van der Waals surface area contributed by atoms with Gasteiger partial charge >= 0.3 is 5.92 Å². The number of aryl methyl sites for hydroxylation is 1. The zero-order chi connectivity index (χ0) is 20.9. The number of carbonyl (C=O) groups is 1. The predicted molar refractivity (Wildman–Crippen MR) is 100 cm³/mol. The molecule has 2 heterocycles. The van der Waals surface area contributed by atoms with Crippen molar-refractivity contribution < 1.29 is 23.0 Å². The van der Waals surface area contributed by atoms with Gasteiger partial charge in [-0.2, -0.15) is 8.78 Å². The average Bonchev–Trinajstić information content (AvgIpc) is 2.55. The zero-order valence-electron chi connectivity index (χ0n) is 16.3. The van der Waals surface area contributed by atoms with Crippen LogP contribution in [0, 0.1) is 6.92 Å². The van der Waals surface area contributed by atoms with Gasteiger partial charge in [0.2, 0.25) is 11.7 Å². The fraction of sp³-hybridized carbons (Fsp3) is 0.444. The van der Waals surface area contributed by atoms with E-state index in [1.807, 2.05) is 0 Å². The number of carbonyl (C=O) groups excluding carboxylic acids is 1. The van der Waals surface area contributed by atoms with Gasteiger partial charge in [-0.15, -0.1) is 0 Å². The lowest BCUT2D eigenvalue weighted by atomic mass is 10.3. The second-order valence-electron chi connectivity index (χ2n) is 6.36. The number of aromatic nitrogens is 3. The Balaban J connectivity index is 2.40. The third-order valence-corrected chi connectivity index (χ3v) is 3.41. The predicted octanol–water partition coefficient (Wildman–Crippen LogP) is 3.41. The monoisotopic (exact) mass is 395 g/mol. The van der Waals surface area contributed by atoms with Crippen molar-refractivity contribution in [1.82, 2.24) is 15.0 Å². The summed E-state index contributed by atoms with van der Waals surface area (Å²) < 4.78 is 38.1. The number of ether oxygens (including phenoxy) is 2. The van der Waals surface area contributed by atoms with E-state index in [0.717, 1.165) is 6.92 Å². The second-order valence-corrected chi connectivity index (χ2v) is 6.36. The van der Waals surface area contributed by atoms with Crippen LogP contribution in [0.4, 0.5) is 26.1 Å². The standard InChI is InChI=1S/C18H23F2N5O3/c1-10-6-16(25-17(22-10)18(4,19)20)24-13-7-15(23-12(3)26)21-8-14(13)28-11(2)9-27-5/h6-8,11H,9H2,1-5H3,(H2,21,22,23,24,25,26). The molecule has 1 amide bonds. The Morgan fingerprint density at radius 2 is 2.00 bits per heavy atom. The molecule has 0 radical (unpaired) electrons. The first-order valence-electron chi connectivity index (χ1n) is 8.52. The van der Waals surface area contributed by atoms with Crippen molar-refractivity contribution >= 4 is 23.2 Å². The van der Waals surface area contributed by atoms with Crippen molar-refractivity contribution in [2.24, 2.45) is 0 Å². The van der Waals surface area contributed by atoms with Crippen molar-refractivity contribution in [3.63, 3.8) is 0 Å². The van der Waals surface area contributed by atoms with E-state index in [0.29, 0.717) is 23.7 Å². The van der Waals surface area contributed by atoms with Gasteiger partial charge in [-0.1, -0.05) is 0 Å². The first-order valence-corrected chi connectivity index (χ1v) is 8.52. The normalized spacial score (nSPS) is 12.4. The van der Waals surface area contributed by atoms with Crippen LogP contribution in [0.3, 0.4) is 0 Å². The Bertz CT molecular complexity index is 842. The summed E-state index contributed by atoms with van der Waals surface area (Å²) >= 11 is 0. The Morgan fingerprint density at radius 3 is 2.61 bits per heavy atom. The molecule has 0 saturated carbocycles. The first kappa shape index (κ1) is 21.4. The number of pyridine rings is 1. The molecular weight excluding hydrogens is 372 g/mol. The number of nitrogens with zero attached hydrogens (tertiary/aromatic N) is 3. The van der Waals surface area contributed by atoms with E-state index in [9.17, 15) is 13.6 Å². The molecule has 10 heteroatoms. The van der Waals surface area contributed by atoms with Gasteiger partial charge in [0, 0.05) is 38.8 Å². The SMILES string of the molecule is COCC(C)Oc1cnc(NC(C)=O)cc1Nc1cc(C)nc(C(C)(F)F)n1. The van der Waals surface area contributed by atoms with E-state index < -0.39 is 11.7 Å². The molecule has 2 aromatic rings. The maximum atomic E-state index is 13.6. The van der Waals surface area contributed by atoms with Crippen molar-refractivity contribution in [2.45, 2.75) is 39.7 Å². The molecule has 0 aliphatic carbocycles. The molecule has 1 unspecified atom stereocenters. The van der Waals surface area contributed by atoms with Crippen molar-refractivity contribution in [3.05, 3.63) is 29.8 Å². The molecule has 0 aromatic carbocycles. The molecule has 8 nitrogen and oxygen atoms in total. The number of alkyl halides is 2. The van der Waals surface area contributed by atoms with Gasteiger partial charge < -0.3 is 20.1 Å². The van der Waals surface area contributed by atoms with Crippen molar-refractivity contribution in [1.29, 1.82) is 0 Å². The minimum atomic E-state index is -3.19. The molecule has 0 fully saturated rings. The number of halogens is 2. The summed E-state index contributed by atoms with van der Waals surface area (Å²) in [6.07, 6.45) is 1.13. The van der Waals surface area contributed by atoms with E-state index in [-0.39, 0.29) is 23.6 Å². The maximum Gasteiger partial charge on any atom is 0.303 e. The molecule has 0 spiro atoms. The van der Waals surface area contributed by atoms with Gasteiger partial charge in [0.1, 0.15) is 17.7 Å². The number of anilines is 3. The fourth-order valence-corrected chi connectivity index (χ4v) is 2.34. The van der Waals surface area contributed by atoms with Gasteiger partial charge in [-0.25, -0.2) is 15.0 Å². The molecule has 1 atom stereocenters. The van der Waals surface area contributed by atoms with Crippen LogP contribution in [0.2, 0.25) is 0 Å². The highest BCUT2D eigenvalue weighted by Gasteiger charge is 2.29. The number of methoxy groups -OCH3 is 1. The molecule has 0 bridgehead atoms. The Morgan fingerprint density at radius 1 is 1.29 bits per heavy atom. The van der Waals surface area contributed by atoms with Crippen LogP contribution in [0.1, 0.15) is 32.3 Å². The topological polar surface area (TPSA) is 98.3 Å². The Hall–Kier alpha value is -2.88. The highest BCUT2D eigenvalue weighted by atomic mass is 19.3. The van der Waals surface area contributed by atoms with E-state index in [4.69, 9.17) is 9.47 Å². The van der Waals surface area contributed by atoms with Crippen LogP contribution in [0.5, 0.6) is 5.75 Å². The minimum Gasteiger partial charge on any atom is -0.485 e.